The van der Waals surface area contributed by atoms with Crippen molar-refractivity contribution in [1.29, 1.82) is 0 Å². The number of rotatable bonds is 11. The fourth-order valence-corrected chi connectivity index (χ4v) is 12.3. The predicted octanol–water partition coefficient (Wildman–Crippen LogP) is 5.01. The van der Waals surface area contributed by atoms with Crippen LogP contribution in [0.3, 0.4) is 0 Å². The summed E-state index contributed by atoms with van der Waals surface area (Å²) in [5.41, 5.74) is 0. The van der Waals surface area contributed by atoms with E-state index in [-0.39, 0.29) is 0 Å². The topological polar surface area (TPSA) is 74.7 Å². The summed E-state index contributed by atoms with van der Waals surface area (Å²) in [6.45, 7) is 6.27. The maximum Gasteiger partial charge on any atom is 0.323 e. The van der Waals surface area contributed by atoms with Gasteiger partial charge in [0.25, 0.3) is 11.8 Å². The molecule has 1 aliphatic rings. The zero-order valence-corrected chi connectivity index (χ0v) is 20.3. The number of hydrogen-bond donors (Lipinski definition) is 1. The number of carboxylic acid groups (broad SMARTS) is 1. The van der Waals surface area contributed by atoms with E-state index in [0.717, 1.165) is 0 Å². The third kappa shape index (κ3) is 9.60. The molecule has 1 rings (SSSR count). The van der Waals surface area contributed by atoms with Crippen LogP contribution in [-0.2, 0) is 14.4 Å². The van der Waals surface area contributed by atoms with Crippen LogP contribution in [0.5, 0.6) is 0 Å². The van der Waals surface area contributed by atoms with Crippen molar-refractivity contribution in [3.8, 4) is 0 Å². The summed E-state index contributed by atoms with van der Waals surface area (Å²) in [4.78, 5) is 32.7. The Hall–Kier alpha value is -0.271. The van der Waals surface area contributed by atoms with Crippen LogP contribution < -0.4 is 0 Å². The molecule has 8 heteroatoms. The van der Waals surface area contributed by atoms with E-state index in [4.69, 9.17) is 28.3 Å². The Kier molecular flexibility index (Phi) is 14.6. The molecular weight excluding hydrogens is 484 g/mol. The first-order valence-electron chi connectivity index (χ1n) is 9.26. The number of unbranched alkanes of at least 4 members (excludes halogenated alkanes) is 3. The van der Waals surface area contributed by atoms with Crippen molar-refractivity contribution in [3.63, 3.8) is 0 Å². The van der Waals surface area contributed by atoms with Crippen LogP contribution in [0, 0.1) is 0 Å². The molecule has 26 heavy (non-hydrogen) atoms. The number of halogens is 2. The first kappa shape index (κ1) is 25.7. The minimum atomic E-state index is -1.31. The van der Waals surface area contributed by atoms with E-state index in [0.29, 0.717) is 4.90 Å². The first-order valence-corrected chi connectivity index (χ1v) is 16.1. The SMILES string of the molecule is CCC[CH2][Sn]([CH2]CCC)[CH2]CCC.O=C(O)CN1C(=O)C(Cl)=C(Cl)C1=O. The molecule has 0 spiro atoms. The summed E-state index contributed by atoms with van der Waals surface area (Å²) in [5.74, 6) is -3.06. The third-order valence-corrected chi connectivity index (χ3v) is 13.9. The number of carboxylic acids is 1. The predicted molar refractivity (Wildman–Crippen MR) is 108 cm³/mol. The van der Waals surface area contributed by atoms with Gasteiger partial charge < -0.3 is 5.11 Å². The number of imide groups is 1. The van der Waals surface area contributed by atoms with Gasteiger partial charge in [-0.3, -0.25) is 19.3 Å². The van der Waals surface area contributed by atoms with E-state index in [1.807, 2.05) is 0 Å². The molecule has 0 aromatic heterocycles. The zero-order valence-electron chi connectivity index (χ0n) is 15.9. The maximum atomic E-state index is 11.0. The van der Waals surface area contributed by atoms with Gasteiger partial charge in [-0.15, -0.1) is 0 Å². The fraction of sp³-hybridized carbons (Fsp3) is 0.722. The molecule has 0 unspecified atom stereocenters. The van der Waals surface area contributed by atoms with Crippen molar-refractivity contribution in [2.75, 3.05) is 6.54 Å². The summed E-state index contributed by atoms with van der Waals surface area (Å²) >= 11 is 9.82. The Morgan fingerprint density at radius 1 is 0.885 bits per heavy atom. The molecule has 0 saturated heterocycles. The maximum absolute atomic E-state index is 11.0. The smallest absolute Gasteiger partial charge is 0.323 e. The van der Waals surface area contributed by atoms with E-state index in [2.05, 4.69) is 20.8 Å². The van der Waals surface area contributed by atoms with Gasteiger partial charge in [0, 0.05) is 0 Å². The van der Waals surface area contributed by atoms with Gasteiger partial charge in [-0.05, 0) is 0 Å². The van der Waals surface area contributed by atoms with Gasteiger partial charge in [0.1, 0.15) is 16.6 Å². The molecule has 2 amide bonds. The Balaban J connectivity index is 0.000000481. The van der Waals surface area contributed by atoms with Gasteiger partial charge in [0.2, 0.25) is 0 Å². The Morgan fingerprint density at radius 3 is 1.50 bits per heavy atom. The van der Waals surface area contributed by atoms with Gasteiger partial charge in [0.15, 0.2) is 0 Å². The quantitative estimate of drug-likeness (QED) is 0.311. The second-order valence-corrected chi connectivity index (χ2v) is 15.6. The van der Waals surface area contributed by atoms with Crippen molar-refractivity contribution in [1.82, 2.24) is 4.90 Å². The molecular formula is C18H30Cl2NO4Sn. The largest absolute Gasteiger partial charge is 0.480 e. The molecule has 1 heterocycles. The molecule has 1 N–H and O–H groups in total. The van der Waals surface area contributed by atoms with E-state index in [1.165, 1.54) is 38.5 Å². The number of carbonyl (C=O) groups excluding carboxylic acids is 2. The van der Waals surface area contributed by atoms with Crippen LogP contribution in [0.2, 0.25) is 13.3 Å². The van der Waals surface area contributed by atoms with Crippen molar-refractivity contribution < 1.29 is 19.5 Å². The van der Waals surface area contributed by atoms with Gasteiger partial charge in [-0.1, -0.05) is 23.2 Å². The molecule has 0 saturated carbocycles. The van der Waals surface area contributed by atoms with E-state index in [1.54, 1.807) is 13.3 Å². The number of aliphatic carboxylic acids is 1. The number of carbonyl (C=O) groups is 3. The van der Waals surface area contributed by atoms with Gasteiger partial charge in [-0.25, -0.2) is 0 Å². The Bertz CT molecular complexity index is 468. The molecule has 0 atom stereocenters. The van der Waals surface area contributed by atoms with E-state index in [9.17, 15) is 14.4 Å². The van der Waals surface area contributed by atoms with Crippen LogP contribution in [0.15, 0.2) is 10.1 Å². The van der Waals surface area contributed by atoms with Gasteiger partial charge in [-0.2, -0.15) is 0 Å². The molecule has 0 aromatic carbocycles. The molecule has 0 fully saturated rings. The zero-order chi connectivity index (χ0) is 20.1. The summed E-state index contributed by atoms with van der Waals surface area (Å²) in [7, 11) is 0. The minimum Gasteiger partial charge on any atom is -0.480 e. The normalized spacial score (nSPS) is 14.2. The summed E-state index contributed by atoms with van der Waals surface area (Å²) in [6.07, 6.45) is 8.85. The Labute approximate surface area is 173 Å². The first-order chi connectivity index (χ1) is 12.3. The molecule has 0 aliphatic carbocycles. The van der Waals surface area contributed by atoms with E-state index < -0.39 is 54.2 Å². The number of hydrogen-bond acceptors (Lipinski definition) is 3. The van der Waals surface area contributed by atoms with Crippen molar-refractivity contribution in [3.05, 3.63) is 10.1 Å². The molecule has 1 radical (unpaired) electrons. The second kappa shape index (κ2) is 14.7. The molecule has 0 aromatic rings. The molecule has 0 bridgehead atoms. The number of amides is 2. The van der Waals surface area contributed by atoms with Crippen LogP contribution in [0.1, 0.15) is 59.3 Å². The number of nitrogens with zero attached hydrogens (tertiary/aromatic N) is 1. The van der Waals surface area contributed by atoms with Crippen LogP contribution >= 0.6 is 23.2 Å². The monoisotopic (exact) mass is 514 g/mol. The van der Waals surface area contributed by atoms with Crippen LogP contribution in [0.4, 0.5) is 0 Å². The summed E-state index contributed by atoms with van der Waals surface area (Å²) in [5, 5.41) is 7.46. The van der Waals surface area contributed by atoms with E-state index >= 15 is 0 Å². The van der Waals surface area contributed by atoms with Gasteiger partial charge >= 0.3 is 98.3 Å². The average Bonchev–Trinajstić information content (AvgIpc) is 2.79. The third-order valence-electron chi connectivity index (χ3n) is 4.00. The summed E-state index contributed by atoms with van der Waals surface area (Å²) < 4.78 is 5.04. The van der Waals surface area contributed by atoms with Crippen molar-refractivity contribution in [2.45, 2.75) is 72.6 Å². The second-order valence-electron chi connectivity index (χ2n) is 6.28. The van der Waals surface area contributed by atoms with Crippen molar-refractivity contribution in [2.24, 2.45) is 0 Å². The molecule has 149 valence electrons. The van der Waals surface area contributed by atoms with Gasteiger partial charge in [0.05, 0.1) is 0 Å². The average molecular weight is 514 g/mol. The molecule has 1 aliphatic heterocycles. The van der Waals surface area contributed by atoms with Crippen LogP contribution in [-0.4, -0.2) is 54.1 Å². The molecule has 5 nitrogen and oxygen atoms in total. The minimum absolute atomic E-state index is 0.437. The summed E-state index contributed by atoms with van der Waals surface area (Å²) in [6, 6.07) is 0. The Morgan fingerprint density at radius 2 is 1.23 bits per heavy atom. The van der Waals surface area contributed by atoms with Crippen LogP contribution in [0.25, 0.3) is 0 Å². The van der Waals surface area contributed by atoms with Crippen molar-refractivity contribution >= 4 is 60.7 Å². The fourth-order valence-electron chi connectivity index (χ4n) is 2.45. The standard InChI is InChI=1S/C6H3Cl2NO4.3C4H9.Sn/c7-3-4(8)6(13)9(5(3)12)1-2(10)11;3*1-3-4-2;/h1H2,(H,10,11);3*1,3-4H2,2H3;.